The van der Waals surface area contributed by atoms with Crippen LogP contribution in [0.1, 0.15) is 62.2 Å². The summed E-state index contributed by atoms with van der Waals surface area (Å²) in [6.07, 6.45) is 0. The quantitative estimate of drug-likeness (QED) is 0.591. The predicted octanol–water partition coefficient (Wildman–Crippen LogP) is 3.88. The minimum atomic E-state index is -0.483. The molecule has 160 valence electrons. The Balaban J connectivity index is 1.73. The minimum absolute atomic E-state index is 0.299. The van der Waals surface area contributed by atoms with E-state index < -0.39 is 23.6 Å². The molecule has 0 radical (unpaired) electrons. The topological polar surface area (TPSA) is 78.0 Å². The van der Waals surface area contributed by atoms with Crippen LogP contribution in [0.2, 0.25) is 0 Å². The number of para-hydroxylation sites is 1. The Labute approximate surface area is 184 Å². The zero-order valence-corrected chi connectivity index (χ0v) is 18.0. The summed E-state index contributed by atoms with van der Waals surface area (Å²) >= 11 is 0. The second-order valence-electron chi connectivity index (χ2n) is 8.12. The largest absolute Gasteiger partial charge is 0.280 e. The van der Waals surface area contributed by atoms with Gasteiger partial charge in [0.05, 0.1) is 16.8 Å². The number of benzene rings is 3. The first-order chi connectivity index (χ1) is 15.4. The molecule has 0 bridgehead atoms. The SMILES string of the molecule is CCN(c1ccccc1)N1C(=O)c2ccc3c4c(ccc(c24)C1=O)C(=O)N(C(C)C)C3=O. The van der Waals surface area contributed by atoms with E-state index in [1.54, 1.807) is 43.1 Å². The van der Waals surface area contributed by atoms with Crippen molar-refractivity contribution in [3.8, 4) is 0 Å². The van der Waals surface area contributed by atoms with Crippen molar-refractivity contribution in [1.82, 2.24) is 9.91 Å². The van der Waals surface area contributed by atoms with E-state index in [1.807, 2.05) is 37.3 Å². The summed E-state index contributed by atoms with van der Waals surface area (Å²) < 4.78 is 0. The molecule has 0 unspecified atom stereocenters. The van der Waals surface area contributed by atoms with Gasteiger partial charge in [-0.3, -0.25) is 29.1 Å². The summed E-state index contributed by atoms with van der Waals surface area (Å²) in [7, 11) is 0. The minimum Gasteiger partial charge on any atom is -0.276 e. The summed E-state index contributed by atoms with van der Waals surface area (Å²) in [6, 6.07) is 15.2. The highest BCUT2D eigenvalue weighted by Crippen LogP contribution is 2.39. The number of imide groups is 2. The summed E-state index contributed by atoms with van der Waals surface area (Å²) in [5.41, 5.74) is 1.97. The van der Waals surface area contributed by atoms with Crippen LogP contribution in [-0.2, 0) is 0 Å². The van der Waals surface area contributed by atoms with E-state index in [4.69, 9.17) is 0 Å². The van der Waals surface area contributed by atoms with E-state index in [0.29, 0.717) is 45.3 Å². The Kier molecular flexibility index (Phi) is 4.37. The Hall–Kier alpha value is -4.00. The molecule has 7 heteroatoms. The van der Waals surface area contributed by atoms with Gasteiger partial charge in [-0.1, -0.05) is 18.2 Å². The molecule has 4 amide bonds. The average Bonchev–Trinajstić information content (AvgIpc) is 2.79. The fourth-order valence-corrected chi connectivity index (χ4v) is 4.61. The summed E-state index contributed by atoms with van der Waals surface area (Å²) in [6.45, 7) is 5.81. The van der Waals surface area contributed by atoms with Gasteiger partial charge in [0.2, 0.25) is 0 Å². The van der Waals surface area contributed by atoms with Gasteiger partial charge in [-0.25, -0.2) is 0 Å². The molecule has 5 rings (SSSR count). The Morgan fingerprint density at radius 3 is 1.53 bits per heavy atom. The number of hydrogen-bond acceptors (Lipinski definition) is 5. The summed E-state index contributed by atoms with van der Waals surface area (Å²) in [5.74, 6) is -1.79. The van der Waals surface area contributed by atoms with Crippen LogP contribution in [0.25, 0.3) is 10.8 Å². The highest BCUT2D eigenvalue weighted by Gasteiger charge is 2.41. The predicted molar refractivity (Wildman–Crippen MR) is 120 cm³/mol. The van der Waals surface area contributed by atoms with Crippen LogP contribution in [0.15, 0.2) is 54.6 Å². The Morgan fingerprint density at radius 1 is 0.688 bits per heavy atom. The first kappa shape index (κ1) is 19.9. The Bertz CT molecular complexity index is 1260. The van der Waals surface area contributed by atoms with E-state index in [2.05, 4.69) is 0 Å². The highest BCUT2D eigenvalue weighted by atomic mass is 16.2. The second-order valence-corrected chi connectivity index (χ2v) is 8.12. The molecule has 2 aliphatic rings. The molecule has 0 saturated heterocycles. The van der Waals surface area contributed by atoms with Crippen LogP contribution in [0.4, 0.5) is 5.69 Å². The second kappa shape index (κ2) is 7.02. The van der Waals surface area contributed by atoms with Gasteiger partial charge >= 0.3 is 0 Å². The molecule has 7 nitrogen and oxygen atoms in total. The standard InChI is InChI=1S/C25H21N3O4/c1-4-26(15-8-6-5-7-9-15)28-24(31)18-12-10-16-20-17(11-13-19(21(18)20)25(28)32)23(30)27(14(2)3)22(16)29/h5-14H,4H2,1-3H3. The number of amides is 4. The lowest BCUT2D eigenvalue weighted by Gasteiger charge is -2.38. The number of rotatable bonds is 4. The third-order valence-electron chi connectivity index (χ3n) is 6.02. The molecule has 0 atom stereocenters. The van der Waals surface area contributed by atoms with Crippen molar-refractivity contribution in [3.63, 3.8) is 0 Å². The van der Waals surface area contributed by atoms with Crippen molar-refractivity contribution in [2.75, 3.05) is 11.6 Å². The van der Waals surface area contributed by atoms with Crippen LogP contribution in [0.3, 0.4) is 0 Å². The number of carbonyl (C=O) groups is 4. The van der Waals surface area contributed by atoms with Crippen molar-refractivity contribution in [2.45, 2.75) is 26.8 Å². The Morgan fingerprint density at radius 2 is 1.12 bits per heavy atom. The van der Waals surface area contributed by atoms with Crippen LogP contribution in [0.5, 0.6) is 0 Å². The van der Waals surface area contributed by atoms with Crippen molar-refractivity contribution in [1.29, 1.82) is 0 Å². The molecule has 0 aliphatic carbocycles. The van der Waals surface area contributed by atoms with Crippen molar-refractivity contribution in [3.05, 3.63) is 76.9 Å². The van der Waals surface area contributed by atoms with Gasteiger partial charge in [-0.05, 0) is 57.2 Å². The normalized spacial score (nSPS) is 15.2. The molecule has 32 heavy (non-hydrogen) atoms. The third kappa shape index (κ3) is 2.54. The van der Waals surface area contributed by atoms with Gasteiger partial charge in [-0.2, -0.15) is 5.01 Å². The smallest absolute Gasteiger partial charge is 0.276 e. The maximum atomic E-state index is 13.5. The van der Waals surface area contributed by atoms with Crippen molar-refractivity contribution >= 4 is 40.1 Å². The molecular formula is C25H21N3O4. The number of anilines is 1. The molecule has 0 spiro atoms. The molecule has 3 aromatic carbocycles. The molecule has 2 aliphatic heterocycles. The lowest BCUT2D eigenvalue weighted by atomic mass is 9.86. The van der Waals surface area contributed by atoms with Crippen LogP contribution in [-0.4, -0.2) is 46.1 Å². The summed E-state index contributed by atoms with van der Waals surface area (Å²) in [4.78, 5) is 54.4. The lowest BCUT2D eigenvalue weighted by Crippen LogP contribution is -2.52. The van der Waals surface area contributed by atoms with Gasteiger partial charge in [0, 0.05) is 34.5 Å². The van der Waals surface area contributed by atoms with E-state index >= 15 is 0 Å². The molecule has 3 aromatic rings. The maximum absolute atomic E-state index is 13.5. The van der Waals surface area contributed by atoms with E-state index in [1.165, 1.54) is 4.90 Å². The van der Waals surface area contributed by atoms with Gasteiger partial charge in [0.25, 0.3) is 23.6 Å². The van der Waals surface area contributed by atoms with E-state index in [-0.39, 0.29) is 6.04 Å². The maximum Gasteiger partial charge on any atom is 0.280 e. The van der Waals surface area contributed by atoms with Gasteiger partial charge in [0.15, 0.2) is 0 Å². The number of carbonyl (C=O) groups excluding carboxylic acids is 4. The van der Waals surface area contributed by atoms with E-state index in [0.717, 1.165) is 5.01 Å². The van der Waals surface area contributed by atoms with Gasteiger partial charge < -0.3 is 0 Å². The average molecular weight is 427 g/mol. The number of hydrazine groups is 1. The first-order valence-electron chi connectivity index (χ1n) is 10.6. The molecule has 0 fully saturated rings. The highest BCUT2D eigenvalue weighted by molar-refractivity contribution is 6.33. The zero-order valence-electron chi connectivity index (χ0n) is 18.0. The molecular weight excluding hydrogens is 406 g/mol. The van der Waals surface area contributed by atoms with Crippen molar-refractivity contribution in [2.24, 2.45) is 0 Å². The zero-order chi connectivity index (χ0) is 22.7. The van der Waals surface area contributed by atoms with Gasteiger partial charge in [0.1, 0.15) is 0 Å². The molecule has 0 aromatic heterocycles. The molecule has 0 N–H and O–H groups in total. The lowest BCUT2D eigenvalue weighted by molar-refractivity contribution is 0.0551. The summed E-state index contributed by atoms with van der Waals surface area (Å²) in [5, 5.41) is 3.53. The van der Waals surface area contributed by atoms with Crippen molar-refractivity contribution < 1.29 is 19.2 Å². The first-order valence-corrected chi connectivity index (χ1v) is 10.6. The number of nitrogens with zero attached hydrogens (tertiary/aromatic N) is 3. The van der Waals surface area contributed by atoms with Gasteiger partial charge in [-0.15, -0.1) is 0 Å². The van der Waals surface area contributed by atoms with Crippen LogP contribution in [0, 0.1) is 0 Å². The third-order valence-corrected chi connectivity index (χ3v) is 6.02. The fourth-order valence-electron chi connectivity index (χ4n) is 4.61. The van der Waals surface area contributed by atoms with Crippen LogP contribution >= 0.6 is 0 Å². The molecule has 2 heterocycles. The monoisotopic (exact) mass is 427 g/mol. The fraction of sp³-hybridized carbons (Fsp3) is 0.200. The van der Waals surface area contributed by atoms with Crippen LogP contribution < -0.4 is 5.01 Å². The van der Waals surface area contributed by atoms with E-state index in [9.17, 15) is 19.2 Å². The molecule has 0 saturated carbocycles. The number of hydrogen-bond donors (Lipinski definition) is 0.